The van der Waals surface area contributed by atoms with Crippen LogP contribution in [-0.4, -0.2) is 16.2 Å². The number of phenols is 1. The lowest BCUT2D eigenvalue weighted by molar-refractivity contribution is -0.136. The molecule has 0 atom stereocenters. The van der Waals surface area contributed by atoms with Gasteiger partial charge in [0.05, 0.1) is 0 Å². The summed E-state index contributed by atoms with van der Waals surface area (Å²) >= 11 is 0. The number of aromatic hydroxyl groups is 1. The van der Waals surface area contributed by atoms with Crippen molar-refractivity contribution in [3.05, 3.63) is 28.8 Å². The SMILES string of the molecule is O=C(O)CCc1cc2c(cc1O)CCC2. The minimum atomic E-state index is -0.824. The van der Waals surface area contributed by atoms with E-state index in [1.54, 1.807) is 6.07 Å². The smallest absolute Gasteiger partial charge is 0.303 e. The van der Waals surface area contributed by atoms with Gasteiger partial charge in [-0.05, 0) is 48.4 Å². The zero-order chi connectivity index (χ0) is 10.8. The Morgan fingerprint density at radius 3 is 2.60 bits per heavy atom. The summed E-state index contributed by atoms with van der Waals surface area (Å²) < 4.78 is 0. The number of aliphatic carboxylic acids is 1. The Kier molecular flexibility index (Phi) is 2.62. The number of carbonyl (C=O) groups is 1. The van der Waals surface area contributed by atoms with Crippen LogP contribution in [0.15, 0.2) is 12.1 Å². The van der Waals surface area contributed by atoms with Crippen LogP contribution in [0.4, 0.5) is 0 Å². The van der Waals surface area contributed by atoms with E-state index in [1.165, 1.54) is 11.1 Å². The summed E-state index contributed by atoms with van der Waals surface area (Å²) in [6.45, 7) is 0. The van der Waals surface area contributed by atoms with Gasteiger partial charge in [0.1, 0.15) is 5.75 Å². The Labute approximate surface area is 88.4 Å². The van der Waals surface area contributed by atoms with Crippen molar-refractivity contribution in [1.82, 2.24) is 0 Å². The lowest BCUT2D eigenvalue weighted by Gasteiger charge is -2.06. The first-order valence-corrected chi connectivity index (χ1v) is 5.22. The molecule has 1 aromatic carbocycles. The van der Waals surface area contributed by atoms with Crippen molar-refractivity contribution in [3.8, 4) is 5.75 Å². The molecule has 2 N–H and O–H groups in total. The van der Waals surface area contributed by atoms with Crippen LogP contribution in [0.3, 0.4) is 0 Å². The number of carboxylic acids is 1. The molecule has 1 aliphatic carbocycles. The van der Waals surface area contributed by atoms with Gasteiger partial charge in [0, 0.05) is 6.42 Å². The van der Waals surface area contributed by atoms with Gasteiger partial charge in [0.15, 0.2) is 0 Å². The Morgan fingerprint density at radius 2 is 1.93 bits per heavy atom. The zero-order valence-electron chi connectivity index (χ0n) is 8.49. The average molecular weight is 206 g/mol. The highest BCUT2D eigenvalue weighted by Gasteiger charge is 2.14. The van der Waals surface area contributed by atoms with Gasteiger partial charge >= 0.3 is 5.97 Å². The fourth-order valence-electron chi connectivity index (χ4n) is 2.10. The van der Waals surface area contributed by atoms with Gasteiger partial charge in [-0.25, -0.2) is 0 Å². The quantitative estimate of drug-likeness (QED) is 0.794. The van der Waals surface area contributed by atoms with Crippen molar-refractivity contribution >= 4 is 5.97 Å². The number of rotatable bonds is 3. The maximum Gasteiger partial charge on any atom is 0.303 e. The van der Waals surface area contributed by atoms with Gasteiger partial charge in [0.25, 0.3) is 0 Å². The highest BCUT2D eigenvalue weighted by molar-refractivity contribution is 5.67. The van der Waals surface area contributed by atoms with E-state index in [-0.39, 0.29) is 12.2 Å². The van der Waals surface area contributed by atoms with Crippen LogP contribution >= 0.6 is 0 Å². The highest BCUT2D eigenvalue weighted by Crippen LogP contribution is 2.29. The molecule has 0 fully saturated rings. The first-order valence-electron chi connectivity index (χ1n) is 5.22. The first-order chi connectivity index (χ1) is 7.16. The maximum absolute atomic E-state index is 10.4. The van der Waals surface area contributed by atoms with Gasteiger partial charge in [-0.2, -0.15) is 0 Å². The van der Waals surface area contributed by atoms with E-state index in [4.69, 9.17) is 5.11 Å². The molecule has 3 heteroatoms. The van der Waals surface area contributed by atoms with E-state index in [1.807, 2.05) is 6.07 Å². The molecule has 0 unspecified atom stereocenters. The lowest BCUT2D eigenvalue weighted by atomic mass is 10.0. The van der Waals surface area contributed by atoms with Crippen LogP contribution in [0.2, 0.25) is 0 Å². The van der Waals surface area contributed by atoms with Gasteiger partial charge in [-0.15, -0.1) is 0 Å². The Hall–Kier alpha value is -1.51. The Bertz CT molecular complexity index is 396. The van der Waals surface area contributed by atoms with Crippen molar-refractivity contribution in [1.29, 1.82) is 0 Å². The summed E-state index contributed by atoms with van der Waals surface area (Å²) in [4.78, 5) is 10.4. The average Bonchev–Trinajstić information content (AvgIpc) is 2.60. The Morgan fingerprint density at radius 1 is 1.27 bits per heavy atom. The van der Waals surface area contributed by atoms with E-state index in [2.05, 4.69) is 0 Å². The van der Waals surface area contributed by atoms with Crippen molar-refractivity contribution in [2.75, 3.05) is 0 Å². The normalized spacial score (nSPS) is 13.9. The molecule has 0 aromatic heterocycles. The molecule has 0 saturated heterocycles. The molecular formula is C12H14O3. The second-order valence-corrected chi connectivity index (χ2v) is 4.00. The van der Waals surface area contributed by atoms with E-state index >= 15 is 0 Å². The van der Waals surface area contributed by atoms with Gasteiger partial charge in [0.2, 0.25) is 0 Å². The summed E-state index contributed by atoms with van der Waals surface area (Å²) in [6, 6.07) is 3.75. The fourth-order valence-corrected chi connectivity index (χ4v) is 2.10. The van der Waals surface area contributed by atoms with Crippen molar-refractivity contribution in [2.24, 2.45) is 0 Å². The zero-order valence-corrected chi connectivity index (χ0v) is 8.49. The van der Waals surface area contributed by atoms with E-state index < -0.39 is 5.97 Å². The fraction of sp³-hybridized carbons (Fsp3) is 0.417. The van der Waals surface area contributed by atoms with Gasteiger partial charge in [-0.3, -0.25) is 4.79 Å². The number of carboxylic acid groups (broad SMARTS) is 1. The molecule has 1 aromatic rings. The third-order valence-corrected chi connectivity index (χ3v) is 2.90. The molecule has 1 aliphatic rings. The number of hydrogen-bond acceptors (Lipinski definition) is 2. The summed E-state index contributed by atoms with van der Waals surface area (Å²) in [5.41, 5.74) is 3.25. The number of fused-ring (bicyclic) bond motifs is 1. The number of phenolic OH excluding ortho intramolecular Hbond substituents is 1. The predicted molar refractivity (Wildman–Crippen MR) is 56.1 cm³/mol. The molecule has 0 bridgehead atoms. The van der Waals surface area contributed by atoms with Crippen LogP contribution in [0, 0.1) is 0 Å². The van der Waals surface area contributed by atoms with Crippen molar-refractivity contribution < 1.29 is 15.0 Å². The van der Waals surface area contributed by atoms with Crippen LogP contribution in [0.1, 0.15) is 29.5 Å². The molecule has 0 heterocycles. The molecule has 2 rings (SSSR count). The predicted octanol–water partition coefficient (Wildman–Crippen LogP) is 1.90. The minimum Gasteiger partial charge on any atom is -0.508 e. The van der Waals surface area contributed by atoms with Gasteiger partial charge < -0.3 is 10.2 Å². The molecule has 15 heavy (non-hydrogen) atoms. The van der Waals surface area contributed by atoms with Gasteiger partial charge in [-0.1, -0.05) is 6.07 Å². The molecule has 0 radical (unpaired) electrons. The number of aryl methyl sites for hydroxylation is 3. The van der Waals surface area contributed by atoms with Crippen LogP contribution in [-0.2, 0) is 24.1 Å². The number of benzene rings is 1. The van der Waals surface area contributed by atoms with E-state index in [0.717, 1.165) is 24.8 Å². The lowest BCUT2D eigenvalue weighted by Crippen LogP contribution is -1.98. The van der Waals surface area contributed by atoms with Crippen LogP contribution in [0.5, 0.6) is 5.75 Å². The standard InChI is InChI=1S/C12H14O3/c13-11-7-9-3-1-2-8(9)6-10(11)4-5-12(14)15/h6-7,13H,1-5H2,(H,14,15). The maximum atomic E-state index is 10.4. The molecule has 80 valence electrons. The monoisotopic (exact) mass is 206 g/mol. The molecular weight excluding hydrogens is 192 g/mol. The van der Waals surface area contributed by atoms with Crippen molar-refractivity contribution in [3.63, 3.8) is 0 Å². The molecule has 0 saturated carbocycles. The third-order valence-electron chi connectivity index (χ3n) is 2.90. The largest absolute Gasteiger partial charge is 0.508 e. The first kappa shape index (κ1) is 10.0. The highest BCUT2D eigenvalue weighted by atomic mass is 16.4. The summed E-state index contributed by atoms with van der Waals surface area (Å²) in [6.07, 6.45) is 3.70. The van der Waals surface area contributed by atoms with Crippen LogP contribution < -0.4 is 0 Å². The second-order valence-electron chi connectivity index (χ2n) is 4.00. The number of hydrogen-bond donors (Lipinski definition) is 2. The van der Waals surface area contributed by atoms with Crippen LogP contribution in [0.25, 0.3) is 0 Å². The summed E-state index contributed by atoms with van der Waals surface area (Å²) in [5, 5.41) is 18.3. The third kappa shape index (κ3) is 2.12. The van der Waals surface area contributed by atoms with E-state index in [0.29, 0.717) is 6.42 Å². The molecule has 0 spiro atoms. The molecule has 0 amide bonds. The molecule has 0 aliphatic heterocycles. The minimum absolute atomic E-state index is 0.0757. The van der Waals surface area contributed by atoms with E-state index in [9.17, 15) is 9.90 Å². The summed E-state index contributed by atoms with van der Waals surface area (Å²) in [5.74, 6) is -0.577. The topological polar surface area (TPSA) is 57.5 Å². The second kappa shape index (κ2) is 3.93. The van der Waals surface area contributed by atoms with Crippen molar-refractivity contribution in [2.45, 2.75) is 32.1 Å². The summed E-state index contributed by atoms with van der Waals surface area (Å²) in [7, 11) is 0. The Balaban J connectivity index is 2.21. The molecule has 3 nitrogen and oxygen atoms in total.